The Hall–Kier alpha value is -5.33. The summed E-state index contributed by atoms with van der Waals surface area (Å²) >= 11 is 0. The molecule has 1 aromatic rings. The predicted octanol–water partition coefficient (Wildman–Crippen LogP) is 2.05. The predicted molar refractivity (Wildman–Crippen MR) is 177 cm³/mol. The third kappa shape index (κ3) is 11.1. The average molecular weight is 763 g/mol. The van der Waals surface area contributed by atoms with Gasteiger partial charge in [0.2, 0.25) is 18.9 Å². The Morgan fingerprint density at radius 1 is 0.759 bits per heavy atom. The molecule has 0 spiro atoms. The van der Waals surface area contributed by atoms with Crippen LogP contribution in [0.2, 0.25) is 0 Å². The highest BCUT2D eigenvalue weighted by molar-refractivity contribution is 5.89. The van der Waals surface area contributed by atoms with E-state index in [9.17, 15) is 33.6 Å². The number of carbonyl (C=O) groups is 7. The molecule has 0 amide bonds. The second-order valence-corrected chi connectivity index (χ2v) is 12.4. The van der Waals surface area contributed by atoms with E-state index in [-0.39, 0.29) is 12.0 Å². The number of hydrogen-bond acceptors (Lipinski definition) is 18. The van der Waals surface area contributed by atoms with E-state index in [1.807, 2.05) is 0 Å². The molecule has 10 atom stereocenters. The summed E-state index contributed by atoms with van der Waals surface area (Å²) in [5.74, 6) is -6.34. The molecule has 0 N–H and O–H groups in total. The van der Waals surface area contributed by atoms with E-state index >= 15 is 0 Å². The highest BCUT2D eigenvalue weighted by atomic mass is 16.8. The van der Waals surface area contributed by atoms with Crippen molar-refractivity contribution >= 4 is 47.9 Å². The summed E-state index contributed by atoms with van der Waals surface area (Å²) in [6.45, 7) is 6.78. The Balaban J connectivity index is 1.62. The van der Waals surface area contributed by atoms with Crippen LogP contribution in [0.25, 0.3) is 6.08 Å². The molecule has 4 rings (SSSR count). The minimum absolute atomic E-state index is 0.0185. The zero-order chi connectivity index (χ0) is 39.7. The molecule has 0 aromatic heterocycles. The minimum atomic E-state index is -1.63. The molecule has 18 heteroatoms. The van der Waals surface area contributed by atoms with Gasteiger partial charge in [0.15, 0.2) is 18.3 Å². The van der Waals surface area contributed by atoms with Gasteiger partial charge in [0.25, 0.3) is 0 Å². The summed E-state index contributed by atoms with van der Waals surface area (Å²) in [5, 5.41) is 0. The maximum Gasteiger partial charge on any atom is 0.337 e. The largest absolute Gasteiger partial charge is 0.471 e. The number of ether oxygens (including phenoxy) is 11. The minimum Gasteiger partial charge on any atom is -0.471 e. The van der Waals surface area contributed by atoms with Crippen molar-refractivity contribution in [2.75, 3.05) is 13.7 Å². The summed E-state index contributed by atoms with van der Waals surface area (Å²) in [7, 11) is 1.19. The van der Waals surface area contributed by atoms with Gasteiger partial charge >= 0.3 is 41.8 Å². The van der Waals surface area contributed by atoms with Crippen LogP contribution >= 0.6 is 0 Å². The molecule has 2 fully saturated rings. The molecule has 0 radical (unpaired) electrons. The third-order valence-corrected chi connectivity index (χ3v) is 8.29. The van der Waals surface area contributed by atoms with Gasteiger partial charge in [-0.1, -0.05) is 12.1 Å². The van der Waals surface area contributed by atoms with Gasteiger partial charge in [0.1, 0.15) is 18.5 Å². The topological polar surface area (TPSA) is 221 Å². The summed E-state index contributed by atoms with van der Waals surface area (Å²) < 4.78 is 61.4. The molecule has 3 aliphatic rings. The average Bonchev–Trinajstić information content (AvgIpc) is 3.08. The summed E-state index contributed by atoms with van der Waals surface area (Å²) in [4.78, 5) is 85.5. The van der Waals surface area contributed by atoms with Gasteiger partial charge in [-0.15, -0.1) is 0 Å². The Labute approximate surface area is 309 Å². The fourth-order valence-electron chi connectivity index (χ4n) is 6.26. The summed E-state index contributed by atoms with van der Waals surface area (Å²) in [6, 6.07) is 6.26. The van der Waals surface area contributed by atoms with Crippen molar-refractivity contribution in [2.24, 2.45) is 11.8 Å². The van der Waals surface area contributed by atoms with Crippen LogP contribution in [0.4, 0.5) is 0 Å². The van der Waals surface area contributed by atoms with E-state index in [2.05, 4.69) is 0 Å². The van der Waals surface area contributed by atoms with E-state index in [0.717, 1.165) is 33.1 Å². The lowest BCUT2D eigenvalue weighted by Crippen LogP contribution is -2.64. The Morgan fingerprint density at radius 2 is 1.37 bits per heavy atom. The van der Waals surface area contributed by atoms with Crippen LogP contribution in [-0.2, 0) is 80.9 Å². The lowest BCUT2D eigenvalue weighted by atomic mass is 9.77. The molecule has 3 heterocycles. The summed E-state index contributed by atoms with van der Waals surface area (Å²) in [6.07, 6.45) is -6.98. The first-order valence-corrected chi connectivity index (χ1v) is 16.8. The van der Waals surface area contributed by atoms with Crippen LogP contribution in [0.1, 0.15) is 53.5 Å². The Kier molecular flexibility index (Phi) is 14.3. The molecule has 54 heavy (non-hydrogen) atoms. The maximum absolute atomic E-state index is 12.8. The van der Waals surface area contributed by atoms with Crippen molar-refractivity contribution in [2.45, 2.75) is 97.4 Å². The lowest BCUT2D eigenvalue weighted by Gasteiger charge is -2.48. The first-order valence-electron chi connectivity index (χ1n) is 16.8. The van der Waals surface area contributed by atoms with Crippen molar-refractivity contribution in [3.8, 4) is 5.75 Å². The molecule has 294 valence electrons. The fourth-order valence-corrected chi connectivity index (χ4v) is 6.26. The normalized spacial score (nSPS) is 28.9. The maximum atomic E-state index is 12.8. The van der Waals surface area contributed by atoms with Gasteiger partial charge in [-0.05, 0) is 30.7 Å². The molecule has 18 nitrogen and oxygen atoms in total. The van der Waals surface area contributed by atoms with Crippen LogP contribution in [0.3, 0.4) is 0 Å². The van der Waals surface area contributed by atoms with Gasteiger partial charge in [-0.2, -0.15) is 0 Å². The number of benzene rings is 1. The van der Waals surface area contributed by atoms with Gasteiger partial charge < -0.3 is 52.1 Å². The van der Waals surface area contributed by atoms with Crippen molar-refractivity contribution in [3.05, 3.63) is 47.7 Å². The first kappa shape index (κ1) is 41.4. The smallest absolute Gasteiger partial charge is 0.337 e. The number of methoxy groups -OCH3 is 1. The number of hydrogen-bond donors (Lipinski definition) is 0. The van der Waals surface area contributed by atoms with Crippen LogP contribution in [0.15, 0.2) is 42.2 Å². The van der Waals surface area contributed by atoms with Crippen molar-refractivity contribution < 1.29 is 85.7 Å². The first-order chi connectivity index (χ1) is 25.6. The zero-order valence-corrected chi connectivity index (χ0v) is 30.6. The third-order valence-electron chi connectivity index (χ3n) is 8.29. The standard InChI is InChI=1S/C36H42O18/c1-17-30-25(14-29(47-17)49-19(3)38)26(34(43)44-7)15-46-35(30)54-36-33(52-22(6)41)32(51-21(5)40)31(50-20(4)39)27(53-36)16-45-28(42)13-10-23-8-11-24(12-9-23)48-18(2)37/h8-13,15,17,25,27,29-33,35-36H,14,16H2,1-7H3/b13-10-/t17-,25+,27+,29-,30+,31+,32-,33+,35-,36-/m0/s1. The van der Waals surface area contributed by atoms with Crippen LogP contribution < -0.4 is 4.74 Å². The molecule has 2 saturated heterocycles. The quantitative estimate of drug-likeness (QED) is 0.129. The van der Waals surface area contributed by atoms with Crippen LogP contribution in [0, 0.1) is 11.8 Å². The van der Waals surface area contributed by atoms with E-state index in [0.29, 0.717) is 11.3 Å². The molecule has 0 aliphatic carbocycles. The summed E-state index contributed by atoms with van der Waals surface area (Å²) in [5.41, 5.74) is 0.680. The van der Waals surface area contributed by atoms with Gasteiger partial charge in [0.05, 0.1) is 31.0 Å². The SMILES string of the molecule is COC(=O)C1=CO[C@@H](O[C@@H]2O[C@H](COC(=O)/C=C\c3ccc(OC(C)=O)cc3)[C@@H](OC(C)=O)[C@H](OC(C)=O)[C@H]2OC(C)=O)[C@@H]2[C@H](C)O[C@@H](OC(C)=O)C[C@H]12. The number of esters is 7. The van der Waals surface area contributed by atoms with Crippen LogP contribution in [0.5, 0.6) is 5.75 Å². The molecule has 0 saturated carbocycles. The number of carbonyl (C=O) groups excluding carboxylic acids is 7. The van der Waals surface area contributed by atoms with Gasteiger partial charge in [-0.25, -0.2) is 9.59 Å². The monoisotopic (exact) mass is 762 g/mol. The second kappa shape index (κ2) is 18.6. The highest BCUT2D eigenvalue weighted by Crippen LogP contribution is 2.44. The van der Waals surface area contributed by atoms with Gasteiger partial charge in [-0.3, -0.25) is 24.0 Å². The number of fused-ring (bicyclic) bond motifs is 1. The van der Waals surface area contributed by atoms with Crippen molar-refractivity contribution in [1.82, 2.24) is 0 Å². The lowest BCUT2D eigenvalue weighted by molar-refractivity contribution is -0.354. The van der Waals surface area contributed by atoms with E-state index in [1.54, 1.807) is 19.1 Å². The van der Waals surface area contributed by atoms with Crippen LogP contribution in [-0.4, -0.2) is 105 Å². The van der Waals surface area contributed by atoms with E-state index in [1.165, 1.54) is 39.2 Å². The second-order valence-electron chi connectivity index (χ2n) is 12.4. The van der Waals surface area contributed by atoms with Crippen molar-refractivity contribution in [3.63, 3.8) is 0 Å². The zero-order valence-electron chi connectivity index (χ0n) is 30.6. The molecular weight excluding hydrogens is 720 g/mol. The van der Waals surface area contributed by atoms with Gasteiger partial charge in [0, 0.05) is 53.0 Å². The molecule has 0 bridgehead atoms. The van der Waals surface area contributed by atoms with Crippen molar-refractivity contribution in [1.29, 1.82) is 0 Å². The Morgan fingerprint density at radius 3 is 1.96 bits per heavy atom. The molecule has 1 aromatic carbocycles. The molecular formula is C36H42O18. The molecule has 0 unspecified atom stereocenters. The Bertz CT molecular complexity index is 1630. The van der Waals surface area contributed by atoms with E-state index in [4.69, 9.17) is 52.1 Å². The van der Waals surface area contributed by atoms with E-state index < -0.39 is 110 Å². The molecule has 3 aliphatic heterocycles. The number of rotatable bonds is 12. The fraction of sp³-hybridized carbons (Fsp3) is 0.528. The highest BCUT2D eigenvalue weighted by Gasteiger charge is 2.56.